The highest BCUT2D eigenvalue weighted by molar-refractivity contribution is 5.94. The summed E-state index contributed by atoms with van der Waals surface area (Å²) in [5.74, 6) is -1.87. The number of carbonyl (C=O) groups excluding carboxylic acids is 2. The number of hydrogen-bond donors (Lipinski definition) is 1. The Morgan fingerprint density at radius 3 is 2.58 bits per heavy atom. The molecular formula is C28H34O5. The van der Waals surface area contributed by atoms with E-state index >= 15 is 0 Å². The van der Waals surface area contributed by atoms with Crippen molar-refractivity contribution in [2.75, 3.05) is 0 Å². The first kappa shape index (κ1) is 23.7. The molecule has 1 aromatic rings. The van der Waals surface area contributed by atoms with Gasteiger partial charge in [0.25, 0.3) is 5.79 Å². The Morgan fingerprint density at radius 2 is 1.91 bits per heavy atom. The standard InChI is InChI=1S/C28H34O5/c1-17(2)26-22-14-19(4)28(32-25(31)15-20-9-7-6-8-10-20)12-11-27(5,33-28)24(30)16-21(22)18(3)13-23(26)29/h6-14,17,21-22,24,26,30H,15-16H2,1-5H3. The predicted molar refractivity (Wildman–Crippen MR) is 126 cm³/mol. The molecule has 1 N–H and O–H groups in total. The highest BCUT2D eigenvalue weighted by Gasteiger charge is 2.53. The van der Waals surface area contributed by atoms with E-state index in [2.05, 4.69) is 13.8 Å². The molecule has 2 aliphatic heterocycles. The van der Waals surface area contributed by atoms with Crippen LogP contribution in [0.15, 0.2) is 65.8 Å². The zero-order chi connectivity index (χ0) is 24.0. The molecule has 5 nitrogen and oxygen atoms in total. The average molecular weight is 451 g/mol. The fourth-order valence-corrected chi connectivity index (χ4v) is 5.55. The third kappa shape index (κ3) is 4.36. The summed E-state index contributed by atoms with van der Waals surface area (Å²) in [6.45, 7) is 9.78. The molecule has 176 valence electrons. The fraction of sp³-hybridized carbons (Fsp3) is 0.500. The summed E-state index contributed by atoms with van der Waals surface area (Å²) >= 11 is 0. The van der Waals surface area contributed by atoms with E-state index in [9.17, 15) is 14.7 Å². The van der Waals surface area contributed by atoms with Crippen LogP contribution in [-0.4, -0.2) is 34.4 Å². The summed E-state index contributed by atoms with van der Waals surface area (Å²) in [7, 11) is 0. The van der Waals surface area contributed by atoms with Gasteiger partial charge in [-0.2, -0.15) is 0 Å². The Morgan fingerprint density at radius 1 is 1.21 bits per heavy atom. The van der Waals surface area contributed by atoms with E-state index < -0.39 is 23.5 Å². The molecule has 4 rings (SSSR count). The van der Waals surface area contributed by atoms with Crippen LogP contribution in [0, 0.1) is 23.7 Å². The van der Waals surface area contributed by atoms with Gasteiger partial charge in [0.05, 0.1) is 12.5 Å². The number of aliphatic hydroxyl groups excluding tert-OH is 1. The van der Waals surface area contributed by atoms with Crippen LogP contribution in [0.4, 0.5) is 0 Å². The van der Waals surface area contributed by atoms with Crippen LogP contribution >= 0.6 is 0 Å². The molecule has 2 heterocycles. The van der Waals surface area contributed by atoms with Crippen molar-refractivity contribution in [2.45, 2.75) is 65.0 Å². The van der Waals surface area contributed by atoms with Gasteiger partial charge in [-0.3, -0.25) is 9.59 Å². The molecule has 0 radical (unpaired) electrons. The number of rotatable bonds is 4. The molecule has 5 heteroatoms. The molecule has 0 spiro atoms. The molecule has 0 fully saturated rings. The maximum atomic E-state index is 13.0. The first-order valence-electron chi connectivity index (χ1n) is 11.8. The molecule has 2 bridgehead atoms. The van der Waals surface area contributed by atoms with Gasteiger partial charge in [-0.1, -0.05) is 55.8 Å². The fourth-order valence-electron chi connectivity index (χ4n) is 5.55. The van der Waals surface area contributed by atoms with Gasteiger partial charge in [0, 0.05) is 5.92 Å². The van der Waals surface area contributed by atoms with Crippen molar-refractivity contribution in [3.63, 3.8) is 0 Å². The van der Waals surface area contributed by atoms with Crippen LogP contribution in [0.3, 0.4) is 0 Å². The van der Waals surface area contributed by atoms with Crippen molar-refractivity contribution in [1.29, 1.82) is 0 Å². The topological polar surface area (TPSA) is 72.8 Å². The van der Waals surface area contributed by atoms with Gasteiger partial charge in [0.1, 0.15) is 5.60 Å². The van der Waals surface area contributed by atoms with Gasteiger partial charge in [0.2, 0.25) is 0 Å². The van der Waals surface area contributed by atoms with Crippen molar-refractivity contribution < 1.29 is 24.2 Å². The molecular weight excluding hydrogens is 416 g/mol. The Balaban J connectivity index is 1.74. The van der Waals surface area contributed by atoms with E-state index in [1.165, 1.54) is 0 Å². The van der Waals surface area contributed by atoms with Gasteiger partial charge in [-0.25, -0.2) is 0 Å². The van der Waals surface area contributed by atoms with E-state index in [4.69, 9.17) is 9.47 Å². The Bertz CT molecular complexity index is 1020. The monoisotopic (exact) mass is 450 g/mol. The van der Waals surface area contributed by atoms with E-state index in [0.717, 1.165) is 16.7 Å². The second-order valence-electron chi connectivity index (χ2n) is 10.3. The number of allylic oxidation sites excluding steroid dienone is 3. The molecule has 0 saturated heterocycles. The van der Waals surface area contributed by atoms with Crippen LogP contribution in [0.25, 0.3) is 0 Å². The van der Waals surface area contributed by atoms with Crippen molar-refractivity contribution >= 4 is 11.8 Å². The summed E-state index contributed by atoms with van der Waals surface area (Å²) in [6.07, 6.45) is 7.09. The minimum Gasteiger partial charge on any atom is -0.425 e. The van der Waals surface area contributed by atoms with Crippen molar-refractivity contribution in [3.8, 4) is 0 Å². The Kier molecular flexibility index (Phi) is 6.23. The van der Waals surface area contributed by atoms with Gasteiger partial charge in [-0.15, -0.1) is 0 Å². The lowest BCUT2D eigenvalue weighted by atomic mass is 9.65. The number of ketones is 1. The molecule has 1 aromatic carbocycles. The van der Waals surface area contributed by atoms with E-state index in [0.29, 0.717) is 6.42 Å². The maximum Gasteiger partial charge on any atom is 0.313 e. The second kappa shape index (κ2) is 8.69. The smallest absolute Gasteiger partial charge is 0.313 e. The van der Waals surface area contributed by atoms with Crippen LogP contribution in [0.5, 0.6) is 0 Å². The van der Waals surface area contributed by atoms with Gasteiger partial charge >= 0.3 is 5.97 Å². The van der Waals surface area contributed by atoms with Crippen LogP contribution in [0.2, 0.25) is 0 Å². The summed E-state index contributed by atoms with van der Waals surface area (Å²) in [5, 5.41) is 11.3. The third-order valence-corrected chi connectivity index (χ3v) is 7.47. The molecule has 0 amide bonds. The average Bonchev–Trinajstić information content (AvgIpc) is 3.10. The van der Waals surface area contributed by atoms with Crippen molar-refractivity contribution in [3.05, 3.63) is 71.3 Å². The molecule has 1 aliphatic carbocycles. The number of esters is 1. The van der Waals surface area contributed by atoms with Crippen LogP contribution in [-0.2, 0) is 25.5 Å². The van der Waals surface area contributed by atoms with E-state index in [-0.39, 0.29) is 35.9 Å². The maximum absolute atomic E-state index is 13.0. The lowest BCUT2D eigenvalue weighted by Gasteiger charge is -2.39. The van der Waals surface area contributed by atoms with Crippen LogP contribution < -0.4 is 0 Å². The van der Waals surface area contributed by atoms with Gasteiger partial charge in [0.15, 0.2) is 5.78 Å². The molecule has 6 unspecified atom stereocenters. The van der Waals surface area contributed by atoms with Crippen molar-refractivity contribution in [2.24, 2.45) is 23.7 Å². The zero-order valence-electron chi connectivity index (χ0n) is 20.1. The minimum absolute atomic E-state index is 0.00490. The molecule has 33 heavy (non-hydrogen) atoms. The van der Waals surface area contributed by atoms with Crippen LogP contribution in [0.1, 0.15) is 46.6 Å². The molecule has 3 aliphatic rings. The number of fused-ring (bicyclic) bond motifs is 3. The molecule has 0 aromatic heterocycles. The molecule has 0 saturated carbocycles. The van der Waals surface area contributed by atoms with E-state index in [1.54, 1.807) is 18.2 Å². The highest BCUT2D eigenvalue weighted by atomic mass is 16.7. The first-order valence-corrected chi connectivity index (χ1v) is 11.8. The summed E-state index contributed by atoms with van der Waals surface area (Å²) in [5.41, 5.74) is 1.55. The summed E-state index contributed by atoms with van der Waals surface area (Å²) in [6, 6.07) is 9.42. The van der Waals surface area contributed by atoms with Gasteiger partial charge in [-0.05, 0) is 74.3 Å². The Labute approximate surface area is 196 Å². The lowest BCUT2D eigenvalue weighted by molar-refractivity contribution is -0.228. The summed E-state index contributed by atoms with van der Waals surface area (Å²) < 4.78 is 12.4. The first-order chi connectivity index (χ1) is 15.5. The highest BCUT2D eigenvalue weighted by Crippen LogP contribution is 2.48. The second-order valence-corrected chi connectivity index (χ2v) is 10.3. The number of carbonyl (C=O) groups is 2. The van der Waals surface area contributed by atoms with Crippen molar-refractivity contribution in [1.82, 2.24) is 0 Å². The number of benzene rings is 1. The van der Waals surface area contributed by atoms with Gasteiger partial charge < -0.3 is 14.6 Å². The van der Waals surface area contributed by atoms with E-state index in [1.807, 2.05) is 57.2 Å². The molecule has 6 atom stereocenters. The minimum atomic E-state index is -1.41. The summed E-state index contributed by atoms with van der Waals surface area (Å²) in [4.78, 5) is 25.9. The number of ether oxygens (including phenoxy) is 2. The largest absolute Gasteiger partial charge is 0.425 e. The third-order valence-electron chi connectivity index (χ3n) is 7.47. The Hall–Kier alpha value is -2.50. The lowest BCUT2D eigenvalue weighted by Crippen LogP contribution is -2.46. The predicted octanol–water partition coefficient (Wildman–Crippen LogP) is 4.56. The quantitative estimate of drug-likeness (QED) is 0.538. The normalized spacial score (nSPS) is 35.8. The number of hydrogen-bond acceptors (Lipinski definition) is 5. The zero-order valence-corrected chi connectivity index (χ0v) is 20.1. The SMILES string of the molecule is CC1=CC(=O)C(C(C)C)C2C=C(C)C3(OC(=O)Cc4ccccc4)C=CC(C)(O3)C(O)CC12. The number of aliphatic hydroxyl groups is 1.